The number of hydrogen-bond donors (Lipinski definition) is 0. The molecule has 1 aliphatic rings. The number of aryl methyl sites for hydroxylation is 1. The Hall–Kier alpha value is -2.54. The Balaban J connectivity index is 2.36. The second-order valence-electron chi connectivity index (χ2n) is 6.52. The fourth-order valence-corrected chi connectivity index (χ4v) is 3.52. The van der Waals surface area contributed by atoms with Crippen molar-refractivity contribution >= 4 is 11.4 Å². The first-order chi connectivity index (χ1) is 11.0. The molecule has 116 valence electrons. The van der Waals surface area contributed by atoms with Gasteiger partial charge in [0.1, 0.15) is 0 Å². The highest BCUT2D eigenvalue weighted by Crippen LogP contribution is 2.48. The molecule has 1 heteroatoms. The van der Waals surface area contributed by atoms with Gasteiger partial charge < -0.3 is 4.90 Å². The van der Waals surface area contributed by atoms with Gasteiger partial charge in [-0.05, 0) is 47.9 Å². The number of rotatable bonds is 3. The molecule has 0 unspecified atom stereocenters. The van der Waals surface area contributed by atoms with E-state index in [1.54, 1.807) is 0 Å². The summed E-state index contributed by atoms with van der Waals surface area (Å²) >= 11 is 0. The molecule has 0 saturated heterocycles. The number of para-hydroxylation sites is 1. The minimum Gasteiger partial charge on any atom is -0.310 e. The molecule has 1 nitrogen and oxygen atoms in total. The lowest BCUT2D eigenvalue weighted by atomic mass is 9.73. The van der Waals surface area contributed by atoms with E-state index >= 15 is 0 Å². The van der Waals surface area contributed by atoms with Crippen molar-refractivity contribution in [3.8, 4) is 0 Å². The third-order valence-electron chi connectivity index (χ3n) is 4.67. The van der Waals surface area contributed by atoms with Crippen molar-refractivity contribution in [1.29, 1.82) is 0 Å². The lowest BCUT2D eigenvalue weighted by molar-refractivity contribution is 0.621. The summed E-state index contributed by atoms with van der Waals surface area (Å²) < 4.78 is 0. The normalized spacial score (nSPS) is 16.0. The second kappa shape index (κ2) is 5.58. The minimum atomic E-state index is -0.0950. The van der Waals surface area contributed by atoms with Crippen LogP contribution in [0.2, 0.25) is 0 Å². The van der Waals surface area contributed by atoms with Crippen LogP contribution >= 0.6 is 0 Å². The fraction of sp³-hybridized carbons (Fsp3) is 0.182. The van der Waals surface area contributed by atoms with Crippen molar-refractivity contribution in [3.63, 3.8) is 0 Å². The number of nitrogens with zero attached hydrogens (tertiary/aromatic N) is 1. The standard InChI is InChI=1S/C22H23N/c1-6-18-20(7-2)23(17-12-10-11-16(3)15-17)21-14-9-8-13-19(21)22(18,4)5/h6-15H,1-2H2,3-5H3. The van der Waals surface area contributed by atoms with Gasteiger partial charge in [0.05, 0.1) is 5.69 Å². The zero-order chi connectivity index (χ0) is 16.6. The highest BCUT2D eigenvalue weighted by atomic mass is 15.2. The van der Waals surface area contributed by atoms with Crippen LogP contribution in [0.25, 0.3) is 0 Å². The van der Waals surface area contributed by atoms with Gasteiger partial charge >= 0.3 is 0 Å². The highest BCUT2D eigenvalue weighted by Gasteiger charge is 2.36. The van der Waals surface area contributed by atoms with E-state index in [2.05, 4.69) is 87.4 Å². The Morgan fingerprint density at radius 3 is 2.35 bits per heavy atom. The Morgan fingerprint density at radius 1 is 0.957 bits per heavy atom. The second-order valence-corrected chi connectivity index (χ2v) is 6.52. The number of anilines is 2. The first-order valence-corrected chi connectivity index (χ1v) is 7.96. The quantitative estimate of drug-likeness (QED) is 0.667. The molecule has 3 rings (SSSR count). The summed E-state index contributed by atoms with van der Waals surface area (Å²) in [6.07, 6.45) is 3.91. The monoisotopic (exact) mass is 301 g/mol. The van der Waals surface area contributed by atoms with Crippen LogP contribution in [-0.4, -0.2) is 0 Å². The summed E-state index contributed by atoms with van der Waals surface area (Å²) in [5, 5.41) is 0. The maximum absolute atomic E-state index is 4.07. The third-order valence-corrected chi connectivity index (χ3v) is 4.67. The number of allylic oxidation sites excluding steroid dienone is 3. The smallest absolute Gasteiger partial charge is 0.0502 e. The average molecular weight is 301 g/mol. The molecular weight excluding hydrogens is 278 g/mol. The van der Waals surface area contributed by atoms with Crippen molar-refractivity contribution in [2.45, 2.75) is 26.2 Å². The van der Waals surface area contributed by atoms with Crippen molar-refractivity contribution in [2.75, 3.05) is 4.90 Å². The van der Waals surface area contributed by atoms with Crippen LogP contribution in [0.3, 0.4) is 0 Å². The van der Waals surface area contributed by atoms with Gasteiger partial charge in [-0.15, -0.1) is 0 Å². The van der Waals surface area contributed by atoms with Gasteiger partial charge in [-0.25, -0.2) is 0 Å². The average Bonchev–Trinajstić information content (AvgIpc) is 2.54. The van der Waals surface area contributed by atoms with E-state index in [4.69, 9.17) is 0 Å². The Morgan fingerprint density at radius 2 is 1.70 bits per heavy atom. The maximum Gasteiger partial charge on any atom is 0.0502 e. The van der Waals surface area contributed by atoms with Gasteiger partial charge in [0, 0.05) is 16.8 Å². The molecule has 0 amide bonds. The minimum absolute atomic E-state index is 0.0950. The molecule has 2 aromatic carbocycles. The Bertz CT molecular complexity index is 808. The zero-order valence-electron chi connectivity index (χ0n) is 14.1. The van der Waals surface area contributed by atoms with Gasteiger partial charge in [-0.1, -0.05) is 63.4 Å². The van der Waals surface area contributed by atoms with Gasteiger partial charge in [0.15, 0.2) is 0 Å². The Kier molecular flexibility index (Phi) is 3.73. The van der Waals surface area contributed by atoms with Gasteiger partial charge in [-0.2, -0.15) is 0 Å². The van der Waals surface area contributed by atoms with Crippen LogP contribution in [0.1, 0.15) is 25.0 Å². The summed E-state index contributed by atoms with van der Waals surface area (Å²) in [5.74, 6) is 0. The van der Waals surface area contributed by atoms with E-state index in [1.807, 2.05) is 12.2 Å². The topological polar surface area (TPSA) is 3.24 Å². The first kappa shape index (κ1) is 15.4. The summed E-state index contributed by atoms with van der Waals surface area (Å²) in [4.78, 5) is 2.29. The summed E-state index contributed by atoms with van der Waals surface area (Å²) in [7, 11) is 0. The van der Waals surface area contributed by atoms with E-state index < -0.39 is 0 Å². The molecule has 0 N–H and O–H groups in total. The van der Waals surface area contributed by atoms with Crippen LogP contribution in [0, 0.1) is 6.92 Å². The molecule has 0 saturated carbocycles. The van der Waals surface area contributed by atoms with Crippen LogP contribution in [0.4, 0.5) is 11.4 Å². The molecular formula is C22H23N. The first-order valence-electron chi connectivity index (χ1n) is 7.96. The molecule has 0 radical (unpaired) electrons. The summed E-state index contributed by atoms with van der Waals surface area (Å²) in [5.41, 5.74) is 7.13. The van der Waals surface area contributed by atoms with E-state index in [0.29, 0.717) is 0 Å². The van der Waals surface area contributed by atoms with E-state index in [0.717, 1.165) is 11.4 Å². The molecule has 2 aromatic rings. The lowest BCUT2D eigenvalue weighted by Gasteiger charge is -2.42. The predicted molar refractivity (Wildman–Crippen MR) is 100 cm³/mol. The SMILES string of the molecule is C=CC1=C(C=C)C(C)(C)c2ccccc2N1c1cccc(C)c1. The fourth-order valence-electron chi connectivity index (χ4n) is 3.52. The largest absolute Gasteiger partial charge is 0.310 e. The number of benzene rings is 2. The molecule has 0 aromatic heterocycles. The molecule has 0 fully saturated rings. The molecule has 1 aliphatic heterocycles. The number of hydrogen-bond acceptors (Lipinski definition) is 1. The highest BCUT2D eigenvalue weighted by molar-refractivity contribution is 5.79. The zero-order valence-corrected chi connectivity index (χ0v) is 14.1. The van der Waals surface area contributed by atoms with Crippen LogP contribution in [0.5, 0.6) is 0 Å². The molecule has 23 heavy (non-hydrogen) atoms. The van der Waals surface area contributed by atoms with Gasteiger partial charge in [0.2, 0.25) is 0 Å². The van der Waals surface area contributed by atoms with Crippen molar-refractivity contribution in [3.05, 3.63) is 96.2 Å². The van der Waals surface area contributed by atoms with Gasteiger partial charge in [0.25, 0.3) is 0 Å². The Labute approximate surface area is 139 Å². The van der Waals surface area contributed by atoms with Crippen LogP contribution in [0.15, 0.2) is 85.1 Å². The van der Waals surface area contributed by atoms with Gasteiger partial charge in [-0.3, -0.25) is 0 Å². The summed E-state index contributed by atoms with van der Waals surface area (Å²) in [6.45, 7) is 14.8. The van der Waals surface area contributed by atoms with Crippen molar-refractivity contribution < 1.29 is 0 Å². The van der Waals surface area contributed by atoms with Crippen LogP contribution in [-0.2, 0) is 5.41 Å². The molecule has 0 bridgehead atoms. The molecule has 0 aliphatic carbocycles. The molecule has 0 spiro atoms. The van der Waals surface area contributed by atoms with E-state index in [1.165, 1.54) is 22.4 Å². The van der Waals surface area contributed by atoms with Crippen molar-refractivity contribution in [2.24, 2.45) is 0 Å². The number of fused-ring (bicyclic) bond motifs is 1. The summed E-state index contributed by atoms with van der Waals surface area (Å²) in [6, 6.07) is 17.2. The maximum atomic E-state index is 4.07. The van der Waals surface area contributed by atoms with Crippen molar-refractivity contribution in [1.82, 2.24) is 0 Å². The predicted octanol–water partition coefficient (Wildman–Crippen LogP) is 6.05. The molecule has 0 atom stereocenters. The van der Waals surface area contributed by atoms with E-state index in [9.17, 15) is 0 Å². The third kappa shape index (κ3) is 2.33. The lowest BCUT2D eigenvalue weighted by Crippen LogP contribution is -2.33. The van der Waals surface area contributed by atoms with E-state index in [-0.39, 0.29) is 5.41 Å². The van der Waals surface area contributed by atoms with Crippen LogP contribution < -0.4 is 4.90 Å². The molecule has 1 heterocycles.